The summed E-state index contributed by atoms with van der Waals surface area (Å²) in [7, 11) is -3.61. The molecule has 1 heterocycles. The standard InChI is InChI=1S/C24H30N4O3S/c1-2-27(22-7-4-3-5-8-22)16-6-15-26-24(29)21-13-17-28(18-14-21)32(30,31)23-11-9-20(19-25)10-12-23/h3-5,7-12,21H,2,6,13-18H2,1H3,(H,26,29). The lowest BCUT2D eigenvalue weighted by Crippen LogP contribution is -2.43. The van der Waals surface area contributed by atoms with E-state index >= 15 is 0 Å². The molecule has 1 amide bonds. The third kappa shape index (κ3) is 5.87. The zero-order valence-corrected chi connectivity index (χ0v) is 19.2. The van der Waals surface area contributed by atoms with Crippen LogP contribution in [0.2, 0.25) is 0 Å². The second-order valence-corrected chi connectivity index (χ2v) is 9.81. The molecule has 1 aliphatic heterocycles. The molecule has 0 radical (unpaired) electrons. The number of sulfonamides is 1. The summed E-state index contributed by atoms with van der Waals surface area (Å²) in [6.07, 6.45) is 1.86. The van der Waals surface area contributed by atoms with Crippen LogP contribution in [0.4, 0.5) is 5.69 Å². The number of piperidine rings is 1. The zero-order valence-electron chi connectivity index (χ0n) is 18.4. The van der Waals surface area contributed by atoms with Crippen molar-refractivity contribution in [2.24, 2.45) is 5.92 Å². The number of rotatable bonds is 9. The van der Waals surface area contributed by atoms with Gasteiger partial charge in [-0.3, -0.25) is 4.79 Å². The quantitative estimate of drug-likeness (QED) is 0.588. The molecule has 1 N–H and O–H groups in total. The molecule has 0 saturated carbocycles. The van der Waals surface area contributed by atoms with Gasteiger partial charge in [0.1, 0.15) is 0 Å². The Labute approximate surface area is 190 Å². The minimum absolute atomic E-state index is 0.00295. The van der Waals surface area contributed by atoms with Gasteiger partial charge in [-0.1, -0.05) is 18.2 Å². The fourth-order valence-corrected chi connectivity index (χ4v) is 5.41. The molecule has 2 aromatic carbocycles. The SMILES string of the molecule is CCN(CCCNC(=O)C1CCN(S(=O)(=O)c2ccc(C#N)cc2)CC1)c1ccccc1. The summed E-state index contributed by atoms with van der Waals surface area (Å²) in [6, 6.07) is 18.1. The lowest BCUT2D eigenvalue weighted by atomic mass is 9.97. The largest absolute Gasteiger partial charge is 0.372 e. The molecule has 1 aliphatic rings. The minimum Gasteiger partial charge on any atom is -0.372 e. The lowest BCUT2D eigenvalue weighted by Gasteiger charge is -2.30. The average molecular weight is 455 g/mol. The summed E-state index contributed by atoms with van der Waals surface area (Å²) in [4.78, 5) is 15.0. The van der Waals surface area contributed by atoms with Crippen LogP contribution in [0.3, 0.4) is 0 Å². The Morgan fingerprint density at radius 3 is 2.38 bits per heavy atom. The first kappa shape index (κ1) is 23.8. The molecular formula is C24H30N4O3S. The van der Waals surface area contributed by atoms with Crippen molar-refractivity contribution >= 4 is 21.6 Å². The molecule has 3 rings (SSSR count). The molecule has 7 nitrogen and oxygen atoms in total. The molecule has 0 atom stereocenters. The zero-order chi connectivity index (χ0) is 23.0. The van der Waals surface area contributed by atoms with Gasteiger partial charge in [0, 0.05) is 44.3 Å². The summed E-state index contributed by atoms with van der Waals surface area (Å²) in [6.45, 7) is 5.12. The van der Waals surface area contributed by atoms with Crippen molar-refractivity contribution in [3.63, 3.8) is 0 Å². The Kier molecular flexibility index (Phi) is 8.26. The number of nitrogens with zero attached hydrogens (tertiary/aromatic N) is 3. The highest BCUT2D eigenvalue weighted by atomic mass is 32.2. The van der Waals surface area contributed by atoms with E-state index in [4.69, 9.17) is 5.26 Å². The summed E-state index contributed by atoms with van der Waals surface area (Å²) in [5, 5.41) is 11.9. The molecule has 1 saturated heterocycles. The number of amides is 1. The number of benzene rings is 2. The predicted molar refractivity (Wildman–Crippen MR) is 125 cm³/mol. The fourth-order valence-electron chi connectivity index (χ4n) is 3.94. The number of para-hydroxylation sites is 1. The van der Waals surface area contributed by atoms with Crippen molar-refractivity contribution in [1.29, 1.82) is 5.26 Å². The van der Waals surface area contributed by atoms with E-state index in [-0.39, 0.29) is 16.7 Å². The minimum atomic E-state index is -3.61. The highest BCUT2D eigenvalue weighted by Crippen LogP contribution is 2.24. The molecule has 0 spiro atoms. The van der Waals surface area contributed by atoms with Gasteiger partial charge in [0.15, 0.2) is 0 Å². The Bertz CT molecular complexity index is 1030. The summed E-state index contributed by atoms with van der Waals surface area (Å²) in [5.41, 5.74) is 1.60. The maximum absolute atomic E-state index is 12.8. The van der Waals surface area contributed by atoms with Crippen molar-refractivity contribution in [2.75, 3.05) is 37.6 Å². The van der Waals surface area contributed by atoms with Crippen LogP contribution in [-0.2, 0) is 14.8 Å². The van der Waals surface area contributed by atoms with Gasteiger partial charge in [-0.15, -0.1) is 0 Å². The topological polar surface area (TPSA) is 93.5 Å². The smallest absolute Gasteiger partial charge is 0.243 e. The Morgan fingerprint density at radius 2 is 1.78 bits per heavy atom. The first-order valence-corrected chi connectivity index (χ1v) is 12.5. The predicted octanol–water partition coefficient (Wildman–Crippen LogP) is 2.99. The molecule has 0 bridgehead atoms. The number of hydrogen-bond donors (Lipinski definition) is 1. The second-order valence-electron chi connectivity index (χ2n) is 7.87. The van der Waals surface area contributed by atoms with Gasteiger partial charge in [-0.25, -0.2) is 8.42 Å². The summed E-state index contributed by atoms with van der Waals surface area (Å²) < 4.78 is 27.1. The van der Waals surface area contributed by atoms with Gasteiger partial charge in [0.25, 0.3) is 0 Å². The third-order valence-corrected chi connectivity index (χ3v) is 7.77. The number of hydrogen-bond acceptors (Lipinski definition) is 5. The fraction of sp³-hybridized carbons (Fsp3) is 0.417. The first-order valence-electron chi connectivity index (χ1n) is 11.0. The molecule has 32 heavy (non-hydrogen) atoms. The molecule has 8 heteroatoms. The van der Waals surface area contributed by atoms with Crippen molar-refractivity contribution in [2.45, 2.75) is 31.1 Å². The van der Waals surface area contributed by atoms with E-state index in [9.17, 15) is 13.2 Å². The van der Waals surface area contributed by atoms with Crippen molar-refractivity contribution in [3.05, 3.63) is 60.2 Å². The van der Waals surface area contributed by atoms with E-state index < -0.39 is 10.0 Å². The summed E-state index contributed by atoms with van der Waals surface area (Å²) in [5.74, 6) is -0.165. The van der Waals surface area contributed by atoms with Crippen molar-refractivity contribution < 1.29 is 13.2 Å². The molecule has 0 unspecified atom stereocenters. The van der Waals surface area contributed by atoms with Gasteiger partial charge in [-0.05, 0) is 62.6 Å². The Morgan fingerprint density at radius 1 is 1.12 bits per heavy atom. The molecule has 1 fully saturated rings. The van der Waals surface area contributed by atoms with Crippen LogP contribution in [0.15, 0.2) is 59.5 Å². The van der Waals surface area contributed by atoms with Crippen LogP contribution < -0.4 is 10.2 Å². The highest BCUT2D eigenvalue weighted by molar-refractivity contribution is 7.89. The monoisotopic (exact) mass is 454 g/mol. The Hall–Kier alpha value is -2.89. The van der Waals surface area contributed by atoms with Crippen molar-refractivity contribution in [1.82, 2.24) is 9.62 Å². The number of carbonyl (C=O) groups excluding carboxylic acids is 1. The van der Waals surface area contributed by atoms with E-state index in [0.717, 1.165) is 19.5 Å². The van der Waals surface area contributed by atoms with Gasteiger partial charge in [0.05, 0.1) is 16.5 Å². The van der Waals surface area contributed by atoms with Crippen molar-refractivity contribution in [3.8, 4) is 6.07 Å². The van der Waals surface area contributed by atoms with E-state index in [0.29, 0.717) is 38.0 Å². The van der Waals surface area contributed by atoms with E-state index in [2.05, 4.69) is 29.3 Å². The van der Waals surface area contributed by atoms with Gasteiger partial charge < -0.3 is 10.2 Å². The van der Waals surface area contributed by atoms with Crippen LogP contribution >= 0.6 is 0 Å². The molecule has 2 aromatic rings. The van der Waals surface area contributed by atoms with E-state index in [1.165, 1.54) is 34.3 Å². The maximum atomic E-state index is 12.8. The number of nitrogens with one attached hydrogen (secondary N) is 1. The number of nitriles is 1. The highest BCUT2D eigenvalue weighted by Gasteiger charge is 2.31. The van der Waals surface area contributed by atoms with Gasteiger partial charge in [0.2, 0.25) is 15.9 Å². The molecule has 0 aromatic heterocycles. The second kappa shape index (κ2) is 11.1. The van der Waals surface area contributed by atoms with Crippen LogP contribution in [0, 0.1) is 17.2 Å². The van der Waals surface area contributed by atoms with Gasteiger partial charge in [-0.2, -0.15) is 9.57 Å². The van der Waals surface area contributed by atoms with Crippen LogP contribution in [0.5, 0.6) is 0 Å². The molecular weight excluding hydrogens is 424 g/mol. The number of carbonyl (C=O) groups is 1. The normalized spacial score (nSPS) is 15.1. The first-order chi connectivity index (χ1) is 15.5. The molecule has 0 aliphatic carbocycles. The molecule has 170 valence electrons. The van der Waals surface area contributed by atoms with Crippen LogP contribution in [-0.4, -0.2) is 51.4 Å². The van der Waals surface area contributed by atoms with Crippen LogP contribution in [0.1, 0.15) is 31.7 Å². The third-order valence-electron chi connectivity index (χ3n) is 5.85. The van der Waals surface area contributed by atoms with E-state index in [1.54, 1.807) is 0 Å². The Balaban J connectivity index is 1.43. The number of anilines is 1. The maximum Gasteiger partial charge on any atom is 0.243 e. The van der Waals surface area contributed by atoms with Crippen LogP contribution in [0.25, 0.3) is 0 Å². The summed E-state index contributed by atoms with van der Waals surface area (Å²) >= 11 is 0. The van der Waals surface area contributed by atoms with Gasteiger partial charge >= 0.3 is 0 Å². The lowest BCUT2D eigenvalue weighted by molar-refractivity contribution is -0.126. The van der Waals surface area contributed by atoms with E-state index in [1.807, 2.05) is 24.3 Å². The average Bonchev–Trinajstić information content (AvgIpc) is 2.84.